The van der Waals surface area contributed by atoms with Crippen molar-refractivity contribution >= 4 is 5.97 Å². The summed E-state index contributed by atoms with van der Waals surface area (Å²) in [6.45, 7) is 7.58. The molecule has 0 rings (SSSR count). The van der Waals surface area contributed by atoms with E-state index in [1.165, 1.54) is 180 Å². The maximum Gasteiger partial charge on any atom is 0.305 e. The fourth-order valence-electron chi connectivity index (χ4n) is 5.86. The molecule has 0 spiro atoms. The van der Waals surface area contributed by atoms with Crippen LogP contribution in [0.3, 0.4) is 0 Å². The van der Waals surface area contributed by atoms with Gasteiger partial charge in [0.2, 0.25) is 0 Å². The number of carbonyl (C=O) groups excluding carboxylic acids is 1. The van der Waals surface area contributed by atoms with Gasteiger partial charge in [0.15, 0.2) is 0 Å². The molecule has 0 aromatic rings. The molecule has 2 nitrogen and oxygen atoms in total. The van der Waals surface area contributed by atoms with Crippen LogP contribution in [0.25, 0.3) is 0 Å². The van der Waals surface area contributed by atoms with E-state index in [2.05, 4.69) is 32.9 Å². The second kappa shape index (κ2) is 36.4. The van der Waals surface area contributed by atoms with Crippen molar-refractivity contribution < 1.29 is 9.53 Å². The lowest BCUT2D eigenvalue weighted by atomic mass is 9.99. The van der Waals surface area contributed by atoms with Gasteiger partial charge in [0.1, 0.15) is 0 Å². The molecule has 0 aliphatic rings. The number of hydrogen-bond donors (Lipinski definition) is 0. The number of ether oxygens (including phenoxy) is 1. The van der Waals surface area contributed by atoms with Crippen molar-refractivity contribution in [3.63, 3.8) is 0 Å². The third-order valence-corrected chi connectivity index (χ3v) is 9.19. The van der Waals surface area contributed by atoms with Crippen molar-refractivity contribution in [1.29, 1.82) is 0 Å². The third kappa shape index (κ3) is 35.4. The number of rotatable bonds is 35. The highest BCUT2D eigenvalue weighted by atomic mass is 16.5. The lowest BCUT2D eigenvalue weighted by Gasteiger charge is -2.07. The van der Waals surface area contributed by atoms with Gasteiger partial charge in [0.25, 0.3) is 0 Å². The molecule has 0 saturated carbocycles. The Balaban J connectivity index is 3.16. The van der Waals surface area contributed by atoms with Crippen LogP contribution >= 0.6 is 0 Å². The molecule has 0 aromatic carbocycles. The molecule has 0 aliphatic carbocycles. The normalized spacial score (nSPS) is 12.4. The summed E-state index contributed by atoms with van der Waals surface area (Å²) in [4.78, 5) is 11.9. The standard InChI is InChI=1S/C40H78O2/c1-4-6-7-8-9-10-21-25-28-31-34-37-40(41)42-38-35-32-29-26-23-20-18-16-14-12-11-13-15-17-19-22-24-27-30-33-36-39(3)5-2/h8-9,39H,4-7,10-38H2,1-3H3/b9-8-. The Morgan fingerprint density at radius 1 is 0.500 bits per heavy atom. The first-order chi connectivity index (χ1) is 20.7. The molecule has 0 aliphatic heterocycles. The van der Waals surface area contributed by atoms with E-state index in [-0.39, 0.29) is 5.97 Å². The first-order valence-corrected chi connectivity index (χ1v) is 19.5. The minimum Gasteiger partial charge on any atom is -0.466 e. The van der Waals surface area contributed by atoms with Crippen LogP contribution in [0.15, 0.2) is 12.2 Å². The summed E-state index contributed by atoms with van der Waals surface area (Å²) in [5.74, 6) is 0.951. The van der Waals surface area contributed by atoms with Crippen molar-refractivity contribution in [3.05, 3.63) is 12.2 Å². The fraction of sp³-hybridized carbons (Fsp3) is 0.925. The van der Waals surface area contributed by atoms with Crippen LogP contribution in [0.1, 0.15) is 226 Å². The van der Waals surface area contributed by atoms with Crippen molar-refractivity contribution in [2.75, 3.05) is 6.61 Å². The van der Waals surface area contributed by atoms with Gasteiger partial charge in [-0.25, -0.2) is 0 Å². The van der Waals surface area contributed by atoms with Crippen LogP contribution in [0.2, 0.25) is 0 Å². The minimum atomic E-state index is 0.0161. The Bertz CT molecular complexity index is 540. The van der Waals surface area contributed by atoms with Gasteiger partial charge in [0.05, 0.1) is 6.61 Å². The molecule has 1 atom stereocenters. The lowest BCUT2D eigenvalue weighted by molar-refractivity contribution is -0.143. The highest BCUT2D eigenvalue weighted by Crippen LogP contribution is 2.17. The molecular formula is C40H78O2. The molecule has 0 amide bonds. The predicted octanol–water partition coefficient (Wildman–Crippen LogP) is 14.2. The average molecular weight is 591 g/mol. The van der Waals surface area contributed by atoms with Gasteiger partial charge < -0.3 is 4.74 Å². The summed E-state index contributed by atoms with van der Waals surface area (Å²) in [5.41, 5.74) is 0. The number of hydrogen-bond acceptors (Lipinski definition) is 2. The van der Waals surface area contributed by atoms with Gasteiger partial charge >= 0.3 is 5.97 Å². The molecule has 1 unspecified atom stereocenters. The molecule has 0 fully saturated rings. The Labute approximate surface area is 266 Å². The molecule has 0 N–H and O–H groups in total. The Morgan fingerprint density at radius 2 is 0.881 bits per heavy atom. The summed E-state index contributed by atoms with van der Waals surface area (Å²) in [6.07, 6.45) is 47.1. The van der Waals surface area contributed by atoms with E-state index in [4.69, 9.17) is 4.74 Å². The molecule has 42 heavy (non-hydrogen) atoms. The van der Waals surface area contributed by atoms with E-state index in [0.717, 1.165) is 25.2 Å². The van der Waals surface area contributed by atoms with Crippen molar-refractivity contribution in [3.8, 4) is 0 Å². The maximum atomic E-state index is 11.9. The number of allylic oxidation sites excluding steroid dienone is 2. The first-order valence-electron chi connectivity index (χ1n) is 19.5. The van der Waals surface area contributed by atoms with E-state index in [1.807, 2.05) is 0 Å². The van der Waals surface area contributed by atoms with Crippen LogP contribution < -0.4 is 0 Å². The van der Waals surface area contributed by atoms with Gasteiger partial charge in [-0.05, 0) is 38.0 Å². The van der Waals surface area contributed by atoms with Crippen LogP contribution in [0.5, 0.6) is 0 Å². The SMILES string of the molecule is CCCC/C=C\CCCCCCCC(=O)OCCCCCCCCCCCCCCCCCCCCCCC(C)CC. The predicted molar refractivity (Wildman–Crippen MR) is 188 cm³/mol. The number of unbranched alkanes of at least 4 members (excludes halogenated alkanes) is 26. The molecular weight excluding hydrogens is 512 g/mol. The first kappa shape index (κ1) is 41.2. The van der Waals surface area contributed by atoms with Gasteiger partial charge in [0, 0.05) is 6.42 Å². The zero-order chi connectivity index (χ0) is 30.6. The highest BCUT2D eigenvalue weighted by molar-refractivity contribution is 5.69. The second-order valence-electron chi connectivity index (χ2n) is 13.5. The van der Waals surface area contributed by atoms with Gasteiger partial charge in [-0.3, -0.25) is 4.79 Å². The van der Waals surface area contributed by atoms with Gasteiger partial charge in [-0.1, -0.05) is 200 Å². The number of esters is 1. The topological polar surface area (TPSA) is 26.3 Å². The van der Waals surface area contributed by atoms with E-state index in [1.54, 1.807) is 0 Å². The second-order valence-corrected chi connectivity index (χ2v) is 13.5. The van der Waals surface area contributed by atoms with Crippen molar-refractivity contribution in [2.24, 2.45) is 5.92 Å². The summed E-state index contributed by atoms with van der Waals surface area (Å²) < 4.78 is 5.44. The van der Waals surface area contributed by atoms with Crippen LogP contribution in [0, 0.1) is 5.92 Å². The maximum absolute atomic E-state index is 11.9. The van der Waals surface area contributed by atoms with Crippen LogP contribution in [-0.2, 0) is 9.53 Å². The number of carbonyl (C=O) groups is 1. The molecule has 0 heterocycles. The summed E-state index contributed by atoms with van der Waals surface area (Å²) in [5, 5.41) is 0. The Hall–Kier alpha value is -0.790. The van der Waals surface area contributed by atoms with Gasteiger partial charge in [-0.15, -0.1) is 0 Å². The van der Waals surface area contributed by atoms with E-state index >= 15 is 0 Å². The average Bonchev–Trinajstić information content (AvgIpc) is 3.00. The quantitative estimate of drug-likeness (QED) is 0.0417. The molecule has 2 heteroatoms. The smallest absolute Gasteiger partial charge is 0.305 e. The van der Waals surface area contributed by atoms with Crippen LogP contribution in [-0.4, -0.2) is 12.6 Å². The fourth-order valence-corrected chi connectivity index (χ4v) is 5.86. The summed E-state index contributed by atoms with van der Waals surface area (Å²) >= 11 is 0. The van der Waals surface area contributed by atoms with Crippen molar-refractivity contribution in [1.82, 2.24) is 0 Å². The zero-order valence-electron chi connectivity index (χ0n) is 29.4. The zero-order valence-corrected chi connectivity index (χ0v) is 29.4. The van der Waals surface area contributed by atoms with Crippen LogP contribution in [0.4, 0.5) is 0 Å². The van der Waals surface area contributed by atoms with Gasteiger partial charge in [-0.2, -0.15) is 0 Å². The minimum absolute atomic E-state index is 0.0161. The largest absolute Gasteiger partial charge is 0.466 e. The molecule has 0 radical (unpaired) electrons. The Kier molecular flexibility index (Phi) is 35.7. The van der Waals surface area contributed by atoms with E-state index < -0.39 is 0 Å². The molecule has 0 aromatic heterocycles. The Morgan fingerprint density at radius 3 is 1.33 bits per heavy atom. The third-order valence-electron chi connectivity index (χ3n) is 9.19. The van der Waals surface area contributed by atoms with E-state index in [0.29, 0.717) is 13.0 Å². The monoisotopic (exact) mass is 591 g/mol. The highest BCUT2D eigenvalue weighted by Gasteiger charge is 2.03. The molecule has 250 valence electrons. The summed E-state index contributed by atoms with van der Waals surface area (Å²) in [6, 6.07) is 0. The van der Waals surface area contributed by atoms with Crippen molar-refractivity contribution in [2.45, 2.75) is 226 Å². The molecule has 0 bridgehead atoms. The van der Waals surface area contributed by atoms with E-state index in [9.17, 15) is 4.79 Å². The summed E-state index contributed by atoms with van der Waals surface area (Å²) in [7, 11) is 0. The lowest BCUT2D eigenvalue weighted by Crippen LogP contribution is -2.05. The molecule has 0 saturated heterocycles.